The summed E-state index contributed by atoms with van der Waals surface area (Å²) in [6.45, 7) is 5.47. The van der Waals surface area contributed by atoms with Gasteiger partial charge in [0.05, 0.1) is 6.61 Å². The highest BCUT2D eigenvalue weighted by Gasteiger charge is 1.99. The predicted octanol–water partition coefficient (Wildman–Crippen LogP) is 1.46. The van der Waals surface area contributed by atoms with Crippen LogP contribution in [0.15, 0.2) is 24.3 Å². The van der Waals surface area contributed by atoms with E-state index in [4.69, 9.17) is 10.6 Å². The van der Waals surface area contributed by atoms with E-state index in [1.54, 1.807) is 12.1 Å². The lowest BCUT2D eigenvalue weighted by Gasteiger charge is -2.08. The third-order valence-corrected chi connectivity index (χ3v) is 2.03. The Hall–Kier alpha value is -1.39. The van der Waals surface area contributed by atoms with Crippen LogP contribution >= 0.6 is 0 Å². The van der Waals surface area contributed by atoms with Gasteiger partial charge in [-0.2, -0.15) is 5.48 Å². The van der Waals surface area contributed by atoms with Crippen LogP contribution in [0.4, 0.5) is 0 Å². The molecular formula is C12H18N2O2. The van der Waals surface area contributed by atoms with Gasteiger partial charge in [0, 0.05) is 12.1 Å². The van der Waals surface area contributed by atoms with Gasteiger partial charge in [0.1, 0.15) is 0 Å². The standard InChI is InChI=1S/C12H18N2O2/c1-9(2)8-16-14-7-10-3-5-11(6-4-10)12(13)15/h3-6,9,14H,7-8H2,1-2H3,(H2,13,15). The van der Waals surface area contributed by atoms with Crippen LogP contribution < -0.4 is 11.2 Å². The fourth-order valence-electron chi connectivity index (χ4n) is 1.15. The molecule has 0 aromatic heterocycles. The van der Waals surface area contributed by atoms with E-state index in [2.05, 4.69) is 19.3 Å². The molecule has 0 aliphatic carbocycles. The summed E-state index contributed by atoms with van der Waals surface area (Å²) in [6, 6.07) is 7.13. The first-order valence-corrected chi connectivity index (χ1v) is 5.33. The minimum atomic E-state index is -0.407. The molecule has 4 nitrogen and oxygen atoms in total. The van der Waals surface area contributed by atoms with Gasteiger partial charge >= 0.3 is 0 Å². The Morgan fingerprint density at radius 3 is 2.50 bits per heavy atom. The molecule has 0 atom stereocenters. The van der Waals surface area contributed by atoms with Crippen molar-refractivity contribution in [1.29, 1.82) is 0 Å². The van der Waals surface area contributed by atoms with Gasteiger partial charge in [0.15, 0.2) is 0 Å². The van der Waals surface area contributed by atoms with E-state index in [1.807, 2.05) is 12.1 Å². The van der Waals surface area contributed by atoms with Gasteiger partial charge in [0.2, 0.25) is 5.91 Å². The minimum Gasteiger partial charge on any atom is -0.366 e. The quantitative estimate of drug-likeness (QED) is 0.565. The summed E-state index contributed by atoms with van der Waals surface area (Å²) in [5, 5.41) is 0. The average molecular weight is 222 g/mol. The second-order valence-corrected chi connectivity index (χ2v) is 4.09. The lowest BCUT2D eigenvalue weighted by Crippen LogP contribution is -2.17. The Morgan fingerprint density at radius 1 is 1.38 bits per heavy atom. The average Bonchev–Trinajstić information content (AvgIpc) is 2.25. The lowest BCUT2D eigenvalue weighted by molar-refractivity contribution is 0.0196. The minimum absolute atomic E-state index is 0.407. The van der Waals surface area contributed by atoms with Gasteiger partial charge < -0.3 is 10.6 Å². The van der Waals surface area contributed by atoms with E-state index in [9.17, 15) is 4.79 Å². The molecule has 0 radical (unpaired) electrons. The lowest BCUT2D eigenvalue weighted by atomic mass is 10.1. The smallest absolute Gasteiger partial charge is 0.248 e. The highest BCUT2D eigenvalue weighted by molar-refractivity contribution is 5.92. The molecule has 1 aromatic rings. The molecule has 0 heterocycles. The Bertz CT molecular complexity index is 333. The number of hydrogen-bond donors (Lipinski definition) is 2. The summed E-state index contributed by atoms with van der Waals surface area (Å²) in [4.78, 5) is 16.1. The van der Waals surface area contributed by atoms with Crippen molar-refractivity contribution < 1.29 is 9.63 Å². The Morgan fingerprint density at radius 2 is 2.00 bits per heavy atom. The maximum absolute atomic E-state index is 10.8. The van der Waals surface area contributed by atoms with Crippen LogP contribution in [0.2, 0.25) is 0 Å². The SMILES string of the molecule is CC(C)CONCc1ccc(C(N)=O)cc1. The van der Waals surface area contributed by atoms with Crippen molar-refractivity contribution in [3.05, 3.63) is 35.4 Å². The van der Waals surface area contributed by atoms with Gasteiger partial charge in [-0.15, -0.1) is 0 Å². The van der Waals surface area contributed by atoms with E-state index in [0.29, 0.717) is 24.6 Å². The van der Waals surface area contributed by atoms with Crippen molar-refractivity contribution in [2.45, 2.75) is 20.4 Å². The summed E-state index contributed by atoms with van der Waals surface area (Å²) >= 11 is 0. The Balaban J connectivity index is 2.35. The molecule has 16 heavy (non-hydrogen) atoms. The van der Waals surface area contributed by atoms with E-state index >= 15 is 0 Å². The molecule has 0 saturated heterocycles. The number of carbonyl (C=O) groups excluding carboxylic acids is 1. The molecule has 0 bridgehead atoms. The summed E-state index contributed by atoms with van der Waals surface area (Å²) in [7, 11) is 0. The van der Waals surface area contributed by atoms with Crippen LogP contribution in [-0.2, 0) is 11.4 Å². The number of rotatable bonds is 6. The second kappa shape index (κ2) is 6.25. The molecule has 1 rings (SSSR count). The number of benzene rings is 1. The predicted molar refractivity (Wildman–Crippen MR) is 62.6 cm³/mol. The van der Waals surface area contributed by atoms with Crippen LogP contribution in [0.3, 0.4) is 0 Å². The van der Waals surface area contributed by atoms with E-state index < -0.39 is 5.91 Å². The summed E-state index contributed by atoms with van der Waals surface area (Å²) in [5.74, 6) is 0.0975. The number of hydroxylamine groups is 1. The largest absolute Gasteiger partial charge is 0.366 e. The van der Waals surface area contributed by atoms with Crippen LogP contribution in [0.1, 0.15) is 29.8 Å². The van der Waals surface area contributed by atoms with Crippen molar-refractivity contribution in [3.8, 4) is 0 Å². The second-order valence-electron chi connectivity index (χ2n) is 4.09. The summed E-state index contributed by atoms with van der Waals surface area (Å²) < 4.78 is 0. The van der Waals surface area contributed by atoms with Crippen molar-refractivity contribution >= 4 is 5.91 Å². The van der Waals surface area contributed by atoms with E-state index in [1.165, 1.54) is 0 Å². The van der Waals surface area contributed by atoms with Crippen LogP contribution in [0.25, 0.3) is 0 Å². The fraction of sp³-hybridized carbons (Fsp3) is 0.417. The maximum Gasteiger partial charge on any atom is 0.248 e. The van der Waals surface area contributed by atoms with Crippen LogP contribution in [-0.4, -0.2) is 12.5 Å². The zero-order valence-electron chi connectivity index (χ0n) is 9.69. The summed E-state index contributed by atoms with van der Waals surface area (Å²) in [5.41, 5.74) is 9.58. The molecule has 3 N–H and O–H groups in total. The first-order valence-electron chi connectivity index (χ1n) is 5.33. The topological polar surface area (TPSA) is 64.3 Å². The zero-order chi connectivity index (χ0) is 12.0. The highest BCUT2D eigenvalue weighted by Crippen LogP contribution is 2.03. The van der Waals surface area contributed by atoms with Gasteiger partial charge in [0.25, 0.3) is 0 Å². The van der Waals surface area contributed by atoms with Crippen molar-refractivity contribution in [1.82, 2.24) is 5.48 Å². The monoisotopic (exact) mass is 222 g/mol. The zero-order valence-corrected chi connectivity index (χ0v) is 9.69. The molecule has 0 aliphatic heterocycles. The Labute approximate surface area is 95.7 Å². The number of nitrogens with one attached hydrogen (secondary N) is 1. The third-order valence-electron chi connectivity index (χ3n) is 2.03. The summed E-state index contributed by atoms with van der Waals surface area (Å²) in [6.07, 6.45) is 0. The molecule has 1 aromatic carbocycles. The molecule has 0 fully saturated rings. The first kappa shape index (κ1) is 12.7. The third kappa shape index (κ3) is 4.42. The van der Waals surface area contributed by atoms with Gasteiger partial charge in [-0.1, -0.05) is 26.0 Å². The van der Waals surface area contributed by atoms with Gasteiger partial charge in [-0.25, -0.2) is 0 Å². The molecule has 0 saturated carbocycles. The maximum atomic E-state index is 10.8. The normalized spacial score (nSPS) is 10.7. The first-order chi connectivity index (χ1) is 7.59. The molecule has 0 spiro atoms. The van der Waals surface area contributed by atoms with Crippen LogP contribution in [0, 0.1) is 5.92 Å². The molecule has 4 heteroatoms. The number of hydrogen-bond acceptors (Lipinski definition) is 3. The van der Waals surface area contributed by atoms with Crippen molar-refractivity contribution in [3.63, 3.8) is 0 Å². The number of nitrogens with two attached hydrogens (primary N) is 1. The molecule has 88 valence electrons. The highest BCUT2D eigenvalue weighted by atomic mass is 16.6. The number of amides is 1. The molecule has 0 aliphatic rings. The molecular weight excluding hydrogens is 204 g/mol. The van der Waals surface area contributed by atoms with Gasteiger partial charge in [-0.05, 0) is 23.6 Å². The number of primary amides is 1. The van der Waals surface area contributed by atoms with E-state index in [-0.39, 0.29) is 0 Å². The van der Waals surface area contributed by atoms with Gasteiger partial charge in [-0.3, -0.25) is 4.79 Å². The molecule has 1 amide bonds. The van der Waals surface area contributed by atoms with Crippen molar-refractivity contribution in [2.75, 3.05) is 6.61 Å². The Kier molecular flexibility index (Phi) is 4.95. The van der Waals surface area contributed by atoms with Crippen LogP contribution in [0.5, 0.6) is 0 Å². The van der Waals surface area contributed by atoms with Crippen molar-refractivity contribution in [2.24, 2.45) is 11.7 Å². The van der Waals surface area contributed by atoms with E-state index in [0.717, 1.165) is 5.56 Å². The fourth-order valence-corrected chi connectivity index (χ4v) is 1.15. The number of carbonyl (C=O) groups is 1. The molecule has 0 unspecified atom stereocenters.